The highest BCUT2D eigenvalue weighted by molar-refractivity contribution is 7.26. The van der Waals surface area contributed by atoms with Gasteiger partial charge in [-0.3, -0.25) is 9.59 Å². The second-order valence-corrected chi connectivity index (χ2v) is 12.8. The Hall–Kier alpha value is -0.843. The largest absolute Gasteiger partial charge is 0.470 e. The topological polar surface area (TPSA) is 52.6 Å². The lowest BCUT2D eigenvalue weighted by Crippen LogP contribution is -2.65. The van der Waals surface area contributed by atoms with Crippen LogP contribution in [0.15, 0.2) is 0 Å². The first-order valence-corrected chi connectivity index (χ1v) is 9.81. The van der Waals surface area contributed by atoms with Gasteiger partial charge in [-0.25, -0.2) is 0 Å². The number of hydrogen-bond acceptors (Lipinski definition) is 4. The third kappa shape index (κ3) is 4.08. The average molecular weight is 317 g/mol. The first-order chi connectivity index (χ1) is 9.46. The molecule has 0 aliphatic carbocycles. The van der Waals surface area contributed by atoms with E-state index in [4.69, 9.17) is 9.47 Å². The SMILES string of the molecule is CCCOC(=O)[Si](C(=O)OCCC)(C(C)(C)C)C(C)(C)C. The molecule has 0 spiro atoms. The number of hydrogen-bond donors (Lipinski definition) is 0. The first kappa shape index (κ1) is 20.2. The molecule has 0 aromatic rings. The van der Waals surface area contributed by atoms with Gasteiger partial charge in [0.15, 0.2) is 0 Å². The number of rotatable bonds is 6. The molecule has 0 unspecified atom stereocenters. The summed E-state index contributed by atoms with van der Waals surface area (Å²) in [6.07, 6.45) is 1.49. The van der Waals surface area contributed by atoms with Gasteiger partial charge in [0.05, 0.1) is 13.2 Å². The molecule has 0 atom stereocenters. The highest BCUT2D eigenvalue weighted by atomic mass is 28.3. The fourth-order valence-electron chi connectivity index (χ4n) is 3.04. The minimum absolute atomic E-state index is 0.342. The van der Waals surface area contributed by atoms with Crippen molar-refractivity contribution in [1.82, 2.24) is 0 Å². The van der Waals surface area contributed by atoms with E-state index >= 15 is 0 Å². The van der Waals surface area contributed by atoms with E-state index in [1.165, 1.54) is 0 Å². The molecule has 0 bridgehead atoms. The van der Waals surface area contributed by atoms with Gasteiger partial charge in [0.1, 0.15) is 0 Å². The van der Waals surface area contributed by atoms with Crippen molar-refractivity contribution in [2.75, 3.05) is 13.2 Å². The second kappa shape index (κ2) is 7.43. The minimum atomic E-state index is -3.20. The van der Waals surface area contributed by atoms with Crippen molar-refractivity contribution in [3.63, 3.8) is 0 Å². The van der Waals surface area contributed by atoms with Crippen LogP contribution in [0.2, 0.25) is 10.1 Å². The summed E-state index contributed by atoms with van der Waals surface area (Å²) in [6.45, 7) is 16.3. The van der Waals surface area contributed by atoms with Crippen LogP contribution < -0.4 is 0 Å². The van der Waals surface area contributed by atoms with Gasteiger partial charge in [-0.05, 0) is 22.9 Å². The lowest BCUT2D eigenvalue weighted by molar-refractivity contribution is 0.156. The summed E-state index contributed by atoms with van der Waals surface area (Å²) < 4.78 is 10.9. The van der Waals surface area contributed by atoms with Crippen LogP contribution in [-0.2, 0) is 9.47 Å². The summed E-state index contributed by atoms with van der Waals surface area (Å²) in [4.78, 5) is 25.7. The van der Waals surface area contributed by atoms with Crippen LogP contribution in [0.1, 0.15) is 68.2 Å². The van der Waals surface area contributed by atoms with Crippen LogP contribution in [0, 0.1) is 0 Å². The predicted molar refractivity (Wildman–Crippen MR) is 88.5 cm³/mol. The van der Waals surface area contributed by atoms with Gasteiger partial charge in [0.2, 0.25) is 0 Å². The lowest BCUT2D eigenvalue weighted by Gasteiger charge is -2.45. The molecule has 0 fully saturated rings. The van der Waals surface area contributed by atoms with E-state index in [0.29, 0.717) is 13.2 Å². The zero-order chi connectivity index (χ0) is 16.9. The smallest absolute Gasteiger partial charge is 0.322 e. The molecule has 0 aliphatic rings. The lowest BCUT2D eigenvalue weighted by atomic mass is 10.2. The van der Waals surface area contributed by atoms with Gasteiger partial charge >= 0.3 is 8.07 Å². The standard InChI is InChI=1S/C16H32O4Si/c1-9-11-19-13(17)21(15(3,4)5,16(6,7)8)14(18)20-12-10-2/h9-12H2,1-8H3. The zero-order valence-electron chi connectivity index (χ0n) is 15.0. The van der Waals surface area contributed by atoms with Crippen molar-refractivity contribution in [3.05, 3.63) is 0 Å². The first-order valence-electron chi connectivity index (χ1n) is 7.81. The Bertz CT molecular complexity index is 327. The predicted octanol–water partition coefficient (Wildman–Crippen LogP) is 5.29. The normalized spacial score (nSPS) is 13.0. The van der Waals surface area contributed by atoms with Crippen molar-refractivity contribution in [1.29, 1.82) is 0 Å². The molecule has 0 heterocycles. The Kier molecular flexibility index (Phi) is 7.13. The average Bonchev–Trinajstić information content (AvgIpc) is 2.30. The Morgan fingerprint density at radius 3 is 1.24 bits per heavy atom. The van der Waals surface area contributed by atoms with Crippen molar-refractivity contribution in [2.24, 2.45) is 0 Å². The maximum Gasteiger partial charge on any atom is 0.322 e. The Morgan fingerprint density at radius 2 is 1.05 bits per heavy atom. The van der Waals surface area contributed by atoms with Gasteiger partial charge in [0, 0.05) is 0 Å². The van der Waals surface area contributed by atoms with E-state index in [-0.39, 0.29) is 11.2 Å². The van der Waals surface area contributed by atoms with Crippen molar-refractivity contribution in [3.8, 4) is 0 Å². The van der Waals surface area contributed by atoms with Crippen LogP contribution in [0.4, 0.5) is 9.59 Å². The molecule has 0 aromatic heterocycles. The number of ether oxygens (including phenoxy) is 2. The molecule has 124 valence electrons. The molecule has 0 N–H and O–H groups in total. The summed E-state index contributed by atoms with van der Waals surface area (Å²) >= 11 is 0. The van der Waals surface area contributed by atoms with Crippen molar-refractivity contribution < 1.29 is 19.1 Å². The third-order valence-corrected chi connectivity index (χ3v) is 9.75. The molecule has 5 heteroatoms. The van der Waals surface area contributed by atoms with Gasteiger partial charge < -0.3 is 9.47 Å². The highest BCUT2D eigenvalue weighted by Gasteiger charge is 2.68. The molecular formula is C16H32O4Si. The van der Waals surface area contributed by atoms with Gasteiger partial charge in [-0.15, -0.1) is 0 Å². The molecular weight excluding hydrogens is 284 g/mol. The molecule has 0 rings (SSSR count). The Balaban J connectivity index is 5.90. The van der Waals surface area contributed by atoms with Crippen molar-refractivity contribution >= 4 is 19.3 Å². The molecule has 0 aliphatic heterocycles. The van der Waals surface area contributed by atoms with Gasteiger partial charge in [-0.2, -0.15) is 0 Å². The Morgan fingerprint density at radius 1 is 0.762 bits per heavy atom. The number of carbonyl (C=O) groups excluding carboxylic acids is 2. The summed E-state index contributed by atoms with van der Waals surface area (Å²) in [5.74, 6) is 0. The molecule has 0 radical (unpaired) electrons. The van der Waals surface area contributed by atoms with Crippen molar-refractivity contribution in [2.45, 2.75) is 78.3 Å². The van der Waals surface area contributed by atoms with E-state index in [1.54, 1.807) is 0 Å². The number of carbonyl (C=O) groups is 2. The fourth-order valence-corrected chi connectivity index (χ4v) is 8.54. The molecule has 21 heavy (non-hydrogen) atoms. The highest BCUT2D eigenvalue weighted by Crippen LogP contribution is 2.52. The maximum absolute atomic E-state index is 12.9. The monoisotopic (exact) mass is 316 g/mol. The van der Waals surface area contributed by atoms with E-state index < -0.39 is 18.2 Å². The van der Waals surface area contributed by atoms with Gasteiger partial charge in [-0.1, -0.05) is 55.4 Å². The van der Waals surface area contributed by atoms with E-state index in [1.807, 2.05) is 55.4 Å². The minimum Gasteiger partial charge on any atom is -0.470 e. The molecule has 0 amide bonds. The zero-order valence-corrected chi connectivity index (χ0v) is 16.0. The summed E-state index contributed by atoms with van der Waals surface area (Å²) in [6, 6.07) is 0. The van der Waals surface area contributed by atoms with Crippen LogP contribution in [0.3, 0.4) is 0 Å². The quantitative estimate of drug-likeness (QED) is 0.625. The molecule has 0 saturated carbocycles. The van der Waals surface area contributed by atoms with Crippen LogP contribution in [-0.4, -0.2) is 32.5 Å². The second-order valence-electron chi connectivity index (χ2n) is 7.52. The molecule has 0 aromatic carbocycles. The fraction of sp³-hybridized carbons (Fsp3) is 0.875. The molecule has 4 nitrogen and oxygen atoms in total. The maximum atomic E-state index is 12.9. The van der Waals surface area contributed by atoms with Gasteiger partial charge in [0.25, 0.3) is 11.2 Å². The van der Waals surface area contributed by atoms with Crippen LogP contribution >= 0.6 is 0 Å². The summed E-state index contributed by atoms with van der Waals surface area (Å²) in [5.41, 5.74) is -0.684. The van der Waals surface area contributed by atoms with E-state index in [0.717, 1.165) is 12.8 Å². The summed E-state index contributed by atoms with van der Waals surface area (Å²) in [7, 11) is -3.20. The van der Waals surface area contributed by atoms with Crippen LogP contribution in [0.5, 0.6) is 0 Å². The third-order valence-electron chi connectivity index (χ3n) is 3.74. The molecule has 0 saturated heterocycles. The van der Waals surface area contributed by atoms with Crippen LogP contribution in [0.25, 0.3) is 0 Å². The summed E-state index contributed by atoms with van der Waals surface area (Å²) in [5, 5.41) is -0.943. The van der Waals surface area contributed by atoms with E-state index in [2.05, 4.69) is 0 Å². The Labute approximate surface area is 130 Å². The van der Waals surface area contributed by atoms with E-state index in [9.17, 15) is 9.59 Å².